The van der Waals surface area contributed by atoms with Crippen molar-refractivity contribution in [1.29, 1.82) is 5.26 Å². The van der Waals surface area contributed by atoms with Crippen LogP contribution < -0.4 is 25.2 Å². The fourth-order valence-electron chi connectivity index (χ4n) is 10.6. The molecule has 1 saturated carbocycles. The fourth-order valence-corrected chi connectivity index (χ4v) is 10.8. The first-order chi connectivity index (χ1) is 28.6. The van der Waals surface area contributed by atoms with Crippen molar-refractivity contribution in [1.82, 2.24) is 20.4 Å². The lowest BCUT2D eigenvalue weighted by Crippen LogP contribution is -2.74. The van der Waals surface area contributed by atoms with Crippen LogP contribution >= 0.6 is 11.6 Å². The predicted molar refractivity (Wildman–Crippen MR) is 227 cm³/mol. The van der Waals surface area contributed by atoms with Gasteiger partial charge in [0, 0.05) is 85.1 Å². The molecular formula is C46H52ClN7O6. The number of carbonyl (C=O) groups is 5. The lowest BCUT2D eigenvalue weighted by Gasteiger charge is -2.63. The Hall–Kier alpha value is -5.45. The molecule has 2 N–H and O–H groups in total. The molecule has 4 fully saturated rings. The van der Waals surface area contributed by atoms with Crippen LogP contribution in [0, 0.1) is 28.1 Å². The first kappa shape index (κ1) is 41.3. The van der Waals surface area contributed by atoms with Crippen molar-refractivity contribution in [2.45, 2.75) is 84.0 Å². The molecule has 13 nitrogen and oxygen atoms in total. The van der Waals surface area contributed by atoms with Gasteiger partial charge in [-0.1, -0.05) is 39.3 Å². The van der Waals surface area contributed by atoms with Crippen LogP contribution in [-0.4, -0.2) is 103 Å². The van der Waals surface area contributed by atoms with Gasteiger partial charge >= 0.3 is 0 Å². The molecule has 0 bridgehead atoms. The van der Waals surface area contributed by atoms with Crippen molar-refractivity contribution in [3.8, 4) is 11.8 Å². The highest BCUT2D eigenvalue weighted by Gasteiger charge is 2.64. The Bertz CT molecular complexity index is 2260. The summed E-state index contributed by atoms with van der Waals surface area (Å²) in [6.07, 6.45) is 3.07. The van der Waals surface area contributed by atoms with Gasteiger partial charge in [-0.15, -0.1) is 0 Å². The van der Waals surface area contributed by atoms with Crippen molar-refractivity contribution in [3.63, 3.8) is 0 Å². The van der Waals surface area contributed by atoms with Crippen LogP contribution in [0.5, 0.6) is 5.75 Å². The number of imide groups is 2. The van der Waals surface area contributed by atoms with E-state index in [0.29, 0.717) is 45.0 Å². The van der Waals surface area contributed by atoms with E-state index in [1.54, 1.807) is 30.3 Å². The maximum atomic E-state index is 13.5. The summed E-state index contributed by atoms with van der Waals surface area (Å²) >= 11 is 6.26. The fraction of sp³-hybridized carbons (Fsp3) is 0.478. The van der Waals surface area contributed by atoms with Gasteiger partial charge in [0.15, 0.2) is 0 Å². The zero-order valence-electron chi connectivity index (χ0n) is 34.8. The molecule has 8 rings (SSSR count). The molecule has 4 heterocycles. The normalized spacial score (nSPS) is 24.9. The molecule has 3 aromatic rings. The second kappa shape index (κ2) is 15.9. The van der Waals surface area contributed by atoms with Gasteiger partial charge in [-0.25, -0.2) is 0 Å². The summed E-state index contributed by atoms with van der Waals surface area (Å²) in [5.74, 6) is -0.982. The highest BCUT2D eigenvalue weighted by atomic mass is 35.5. The molecular weight excluding hydrogens is 782 g/mol. The van der Waals surface area contributed by atoms with Crippen molar-refractivity contribution >= 4 is 52.5 Å². The molecule has 2 atom stereocenters. The van der Waals surface area contributed by atoms with Crippen LogP contribution in [0.25, 0.3) is 0 Å². The first-order valence-electron chi connectivity index (χ1n) is 20.9. The van der Waals surface area contributed by atoms with E-state index in [1.165, 1.54) is 0 Å². The lowest BCUT2D eigenvalue weighted by molar-refractivity contribution is -0.164. The maximum Gasteiger partial charge on any atom is 0.262 e. The molecule has 4 aliphatic heterocycles. The third-order valence-corrected chi connectivity index (χ3v) is 13.9. The van der Waals surface area contributed by atoms with Crippen LogP contribution in [0.15, 0.2) is 60.7 Å². The summed E-state index contributed by atoms with van der Waals surface area (Å²) in [6.45, 7) is 12.9. The zero-order valence-corrected chi connectivity index (χ0v) is 35.6. The number of carbonyl (C=O) groups excluding carboxylic acids is 5. The number of rotatable bonds is 10. The molecule has 1 aliphatic carbocycles. The van der Waals surface area contributed by atoms with Gasteiger partial charge in [-0.2, -0.15) is 5.26 Å². The number of hydrogen-bond donors (Lipinski definition) is 2. The molecule has 14 heteroatoms. The predicted octanol–water partition coefficient (Wildman–Crippen LogP) is 5.65. The number of anilines is 2. The van der Waals surface area contributed by atoms with Crippen molar-refractivity contribution < 1.29 is 28.7 Å². The summed E-state index contributed by atoms with van der Waals surface area (Å²) < 4.78 is 6.39. The first-order valence-corrected chi connectivity index (χ1v) is 21.3. The van der Waals surface area contributed by atoms with E-state index in [9.17, 15) is 29.2 Å². The second-order valence-corrected chi connectivity index (χ2v) is 18.7. The van der Waals surface area contributed by atoms with E-state index in [2.05, 4.69) is 66.1 Å². The van der Waals surface area contributed by atoms with Crippen LogP contribution in [0.2, 0.25) is 5.02 Å². The molecule has 60 heavy (non-hydrogen) atoms. The minimum atomic E-state index is -0.977. The van der Waals surface area contributed by atoms with Crippen LogP contribution in [0.4, 0.5) is 11.4 Å². The molecule has 0 aromatic heterocycles. The molecule has 0 spiro atoms. The number of benzene rings is 3. The SMILES string of the molecule is CN(C[C@H]1CCN(c2ccc(C(=O)NC3C(C)(C)C(Oc4ccc(C#N)c(Cl)c4)C3(C)C)cc2)C1)C1CCN(c2ccc3c(c2)C(=O)N(C2CCC(=O)NC2=O)C3=O)CC1. The smallest absolute Gasteiger partial charge is 0.262 e. The highest BCUT2D eigenvalue weighted by molar-refractivity contribution is 6.31. The summed E-state index contributed by atoms with van der Waals surface area (Å²) in [4.78, 5) is 72.3. The van der Waals surface area contributed by atoms with Crippen LogP contribution in [0.1, 0.15) is 96.4 Å². The lowest BCUT2D eigenvalue weighted by atomic mass is 9.49. The number of hydrogen-bond acceptors (Lipinski definition) is 10. The van der Waals surface area contributed by atoms with Crippen molar-refractivity contribution in [2.75, 3.05) is 49.6 Å². The number of nitriles is 1. The number of ether oxygens (including phenoxy) is 1. The Morgan fingerprint density at radius 1 is 0.883 bits per heavy atom. The van der Waals surface area contributed by atoms with Crippen LogP contribution in [-0.2, 0) is 9.59 Å². The van der Waals surface area contributed by atoms with Crippen molar-refractivity contribution in [2.24, 2.45) is 16.7 Å². The van der Waals surface area contributed by atoms with Gasteiger partial charge in [0.1, 0.15) is 24.0 Å². The summed E-state index contributed by atoms with van der Waals surface area (Å²) in [6, 6.07) is 19.7. The van der Waals surface area contributed by atoms with E-state index in [0.717, 1.165) is 68.3 Å². The third kappa shape index (κ3) is 7.49. The van der Waals surface area contributed by atoms with Gasteiger partial charge < -0.3 is 24.8 Å². The second-order valence-electron chi connectivity index (χ2n) is 18.3. The van der Waals surface area contributed by atoms with E-state index in [4.69, 9.17) is 16.3 Å². The number of halogens is 1. The summed E-state index contributed by atoms with van der Waals surface area (Å²) in [7, 11) is 2.21. The zero-order chi connectivity index (χ0) is 42.7. The Balaban J connectivity index is 0.802. The average molecular weight is 834 g/mol. The molecule has 314 valence electrons. The number of nitrogens with zero attached hydrogens (tertiary/aromatic N) is 5. The third-order valence-electron chi connectivity index (χ3n) is 13.6. The quantitative estimate of drug-likeness (QED) is 0.245. The molecule has 3 aromatic carbocycles. The van der Waals surface area contributed by atoms with E-state index >= 15 is 0 Å². The topological polar surface area (TPSA) is 155 Å². The van der Waals surface area contributed by atoms with E-state index < -0.39 is 29.7 Å². The van der Waals surface area contributed by atoms with Gasteiger partial charge in [0.2, 0.25) is 11.8 Å². The van der Waals surface area contributed by atoms with Crippen molar-refractivity contribution in [3.05, 3.63) is 87.9 Å². The van der Waals surface area contributed by atoms with Gasteiger partial charge in [0.25, 0.3) is 17.7 Å². The standard InChI is InChI=1S/C46H52ClN7O6/c1-45(2)43(46(3,4)44(45)60-33-12-8-29(24-48)36(47)23-33)50-39(56)28-6-9-31(10-7-28)53-19-16-27(26-53)25-51(5)30-17-20-52(21-18-30)32-11-13-34-35(22-32)42(59)54(41(34)58)37-14-15-38(55)49-40(37)57/h6-13,22-23,27,30,37,43-44H,14-21,25-26H2,1-5H3,(H,50,56)(H,49,55,57)/t27-,37?,43?,44?/m1/s1. The highest BCUT2D eigenvalue weighted by Crippen LogP contribution is 2.55. The Kier molecular flexibility index (Phi) is 10.9. The van der Waals surface area contributed by atoms with E-state index in [-0.39, 0.29) is 41.7 Å². The van der Waals surface area contributed by atoms with Gasteiger partial charge in [0.05, 0.1) is 21.7 Å². The number of piperidine rings is 2. The van der Waals surface area contributed by atoms with E-state index in [1.807, 2.05) is 30.3 Å². The maximum absolute atomic E-state index is 13.5. The molecule has 5 aliphatic rings. The molecule has 3 saturated heterocycles. The summed E-state index contributed by atoms with van der Waals surface area (Å²) in [5.41, 5.74) is 2.90. The summed E-state index contributed by atoms with van der Waals surface area (Å²) in [5, 5.41) is 15.1. The average Bonchev–Trinajstić information content (AvgIpc) is 3.79. The molecule has 1 unspecified atom stereocenters. The minimum Gasteiger partial charge on any atom is -0.489 e. The monoisotopic (exact) mass is 833 g/mol. The number of fused-ring (bicyclic) bond motifs is 1. The largest absolute Gasteiger partial charge is 0.489 e. The van der Waals surface area contributed by atoms with Gasteiger partial charge in [-0.3, -0.25) is 34.2 Å². The molecule has 0 radical (unpaired) electrons. The Morgan fingerprint density at radius 3 is 2.22 bits per heavy atom. The van der Waals surface area contributed by atoms with Gasteiger partial charge in [-0.05, 0) is 93.2 Å². The number of nitrogens with one attached hydrogen (secondary N) is 2. The molecule has 5 amide bonds. The Morgan fingerprint density at radius 2 is 1.55 bits per heavy atom. The Labute approximate surface area is 355 Å². The minimum absolute atomic E-state index is 0.0892. The number of amides is 5. The van der Waals surface area contributed by atoms with Crippen LogP contribution in [0.3, 0.4) is 0 Å².